The normalized spacial score (nSPS) is 14.6. The maximum Gasteiger partial charge on any atom is 0.281 e. The van der Waals surface area contributed by atoms with Gasteiger partial charge < -0.3 is 10.8 Å². The van der Waals surface area contributed by atoms with Crippen molar-refractivity contribution in [2.45, 2.75) is 11.8 Å². The van der Waals surface area contributed by atoms with Gasteiger partial charge in [-0.25, -0.2) is 0 Å². The summed E-state index contributed by atoms with van der Waals surface area (Å²) in [5.41, 5.74) is 5.12. The van der Waals surface area contributed by atoms with Crippen molar-refractivity contribution in [1.82, 2.24) is 5.32 Å². The van der Waals surface area contributed by atoms with Crippen LogP contribution in [0.2, 0.25) is 0 Å². The summed E-state index contributed by atoms with van der Waals surface area (Å²) in [6.07, 6.45) is 0.124. The second kappa shape index (κ2) is 5.44. The summed E-state index contributed by atoms with van der Waals surface area (Å²) < 4.78 is 29.8. The maximum atomic E-state index is 10.6. The van der Waals surface area contributed by atoms with Crippen molar-refractivity contribution in [3.63, 3.8) is 0 Å². The van der Waals surface area contributed by atoms with Gasteiger partial charge in [0.2, 0.25) is 0 Å². The van der Waals surface area contributed by atoms with E-state index in [0.717, 1.165) is 0 Å². The number of aliphatic hydroxyl groups excluding tert-OH is 1. The molecular weight excluding hydrogens is 184 g/mol. The third-order valence-electron chi connectivity index (χ3n) is 1.27. The highest BCUT2D eigenvalue weighted by Crippen LogP contribution is 1.98. The van der Waals surface area contributed by atoms with Gasteiger partial charge in [-0.15, -0.1) is 0 Å². The topological polar surface area (TPSA) is 113 Å². The van der Waals surface area contributed by atoms with Gasteiger partial charge in [0.1, 0.15) is 5.37 Å². The fourth-order valence-corrected chi connectivity index (χ4v) is 1.50. The molecule has 0 aromatic carbocycles. The number of nitrogens with one attached hydrogen (secondary N) is 1. The van der Waals surface area contributed by atoms with Crippen LogP contribution in [0.3, 0.4) is 0 Å². The van der Waals surface area contributed by atoms with Gasteiger partial charge in [-0.05, 0) is 13.0 Å². The van der Waals surface area contributed by atoms with Gasteiger partial charge in [-0.3, -0.25) is 9.87 Å². The molecular formula is C5H14N2O4S. The first kappa shape index (κ1) is 11.8. The van der Waals surface area contributed by atoms with Gasteiger partial charge >= 0.3 is 0 Å². The van der Waals surface area contributed by atoms with Crippen LogP contribution in [-0.4, -0.2) is 43.1 Å². The Balaban J connectivity index is 4.05. The van der Waals surface area contributed by atoms with Crippen molar-refractivity contribution < 1.29 is 18.1 Å². The summed E-state index contributed by atoms with van der Waals surface area (Å²) in [6.45, 7) is 0.0872. The highest BCUT2D eigenvalue weighted by atomic mass is 32.2. The highest BCUT2D eigenvalue weighted by Gasteiger charge is 2.20. The van der Waals surface area contributed by atoms with Gasteiger partial charge in [0.25, 0.3) is 10.1 Å². The van der Waals surface area contributed by atoms with Gasteiger partial charge in [-0.2, -0.15) is 8.42 Å². The molecule has 1 unspecified atom stereocenters. The lowest BCUT2D eigenvalue weighted by Gasteiger charge is -2.13. The molecule has 6 nitrogen and oxygen atoms in total. The zero-order valence-electron chi connectivity index (χ0n) is 6.60. The zero-order chi connectivity index (χ0) is 9.61. The summed E-state index contributed by atoms with van der Waals surface area (Å²) in [5.74, 6) is 0. The molecule has 0 amide bonds. The first-order chi connectivity index (χ1) is 5.52. The molecule has 0 spiro atoms. The van der Waals surface area contributed by atoms with E-state index in [9.17, 15) is 8.42 Å². The number of rotatable bonds is 6. The van der Waals surface area contributed by atoms with Crippen LogP contribution in [0.15, 0.2) is 0 Å². The number of hydrogen-bond acceptors (Lipinski definition) is 5. The molecule has 0 heterocycles. The fraction of sp³-hybridized carbons (Fsp3) is 1.00. The van der Waals surface area contributed by atoms with E-state index in [4.69, 9.17) is 15.4 Å². The van der Waals surface area contributed by atoms with Crippen LogP contribution >= 0.6 is 0 Å². The standard InChI is InChI=1S/C5H14N2O4S/c6-2-1-5(7-3-4-8)12(9,10)11/h5,7-8H,1-4,6H2,(H,9,10,11). The Kier molecular flexibility index (Phi) is 5.34. The summed E-state index contributed by atoms with van der Waals surface area (Å²) in [4.78, 5) is 0. The molecule has 0 aromatic heterocycles. The van der Waals surface area contributed by atoms with Crippen molar-refractivity contribution in [2.24, 2.45) is 5.73 Å². The van der Waals surface area contributed by atoms with Crippen LogP contribution in [0.1, 0.15) is 6.42 Å². The molecule has 0 bridgehead atoms. The van der Waals surface area contributed by atoms with E-state index in [1.807, 2.05) is 0 Å². The second-order valence-corrected chi connectivity index (χ2v) is 3.86. The summed E-state index contributed by atoms with van der Waals surface area (Å²) in [6, 6.07) is 0. The van der Waals surface area contributed by atoms with Crippen molar-refractivity contribution in [3.05, 3.63) is 0 Å². The Morgan fingerprint density at radius 2 is 2.08 bits per heavy atom. The molecule has 1 atom stereocenters. The second-order valence-electron chi connectivity index (χ2n) is 2.26. The minimum absolute atomic E-state index is 0.116. The quantitative estimate of drug-likeness (QED) is 0.372. The molecule has 5 N–H and O–H groups in total. The van der Waals surface area contributed by atoms with Crippen molar-refractivity contribution in [3.8, 4) is 0 Å². The number of aliphatic hydroxyl groups is 1. The van der Waals surface area contributed by atoms with Crippen LogP contribution in [0, 0.1) is 0 Å². The Labute approximate surface area is 71.5 Å². The largest absolute Gasteiger partial charge is 0.395 e. The van der Waals surface area contributed by atoms with Crippen molar-refractivity contribution >= 4 is 10.1 Å². The van der Waals surface area contributed by atoms with Crippen LogP contribution in [0.5, 0.6) is 0 Å². The molecule has 0 aliphatic carbocycles. The van der Waals surface area contributed by atoms with Gasteiger partial charge in [-0.1, -0.05) is 0 Å². The molecule has 0 fully saturated rings. The summed E-state index contributed by atoms with van der Waals surface area (Å²) >= 11 is 0. The third-order valence-corrected chi connectivity index (χ3v) is 2.39. The molecule has 0 aliphatic rings. The molecule has 74 valence electrons. The van der Waals surface area contributed by atoms with Crippen LogP contribution < -0.4 is 11.1 Å². The minimum Gasteiger partial charge on any atom is -0.395 e. The maximum absolute atomic E-state index is 10.6. The predicted octanol–water partition coefficient (Wildman–Crippen LogP) is -1.87. The van der Waals surface area contributed by atoms with Crippen LogP contribution in [0.25, 0.3) is 0 Å². The Bertz CT molecular complexity index is 203. The number of nitrogens with two attached hydrogens (primary N) is 1. The lowest BCUT2D eigenvalue weighted by atomic mass is 10.4. The first-order valence-corrected chi connectivity index (χ1v) is 5.03. The molecule has 0 rings (SSSR count). The SMILES string of the molecule is NCCC(NCCO)S(=O)(=O)O. The smallest absolute Gasteiger partial charge is 0.281 e. The Morgan fingerprint density at radius 1 is 1.50 bits per heavy atom. The summed E-state index contributed by atoms with van der Waals surface area (Å²) in [7, 11) is -4.10. The first-order valence-electron chi connectivity index (χ1n) is 3.53. The molecule has 0 aliphatic heterocycles. The lowest BCUT2D eigenvalue weighted by molar-refractivity contribution is 0.288. The van der Waals surface area contributed by atoms with E-state index in [1.165, 1.54) is 0 Å². The van der Waals surface area contributed by atoms with E-state index in [1.54, 1.807) is 0 Å². The minimum atomic E-state index is -4.10. The van der Waals surface area contributed by atoms with E-state index < -0.39 is 15.5 Å². The lowest BCUT2D eigenvalue weighted by Crippen LogP contribution is -2.39. The van der Waals surface area contributed by atoms with Crippen LogP contribution in [-0.2, 0) is 10.1 Å². The average Bonchev–Trinajstić information content (AvgIpc) is 1.95. The fourth-order valence-electron chi connectivity index (χ4n) is 0.733. The molecule has 7 heteroatoms. The molecule has 0 saturated heterocycles. The zero-order valence-corrected chi connectivity index (χ0v) is 7.42. The van der Waals surface area contributed by atoms with E-state index in [2.05, 4.69) is 5.32 Å². The highest BCUT2D eigenvalue weighted by molar-refractivity contribution is 7.86. The molecule has 0 radical (unpaired) electrons. The van der Waals surface area contributed by atoms with Gasteiger partial charge in [0.05, 0.1) is 6.61 Å². The Morgan fingerprint density at radius 3 is 2.42 bits per heavy atom. The molecule has 12 heavy (non-hydrogen) atoms. The average molecular weight is 198 g/mol. The predicted molar refractivity (Wildman–Crippen MR) is 44.1 cm³/mol. The van der Waals surface area contributed by atoms with E-state index in [0.29, 0.717) is 0 Å². The molecule has 0 saturated carbocycles. The van der Waals surface area contributed by atoms with E-state index >= 15 is 0 Å². The van der Waals surface area contributed by atoms with Crippen molar-refractivity contribution in [2.75, 3.05) is 19.7 Å². The van der Waals surface area contributed by atoms with Gasteiger partial charge in [0.15, 0.2) is 0 Å². The number of hydrogen-bond donors (Lipinski definition) is 4. The summed E-state index contributed by atoms with van der Waals surface area (Å²) in [5, 5.41) is 9.75. The van der Waals surface area contributed by atoms with Crippen molar-refractivity contribution in [1.29, 1.82) is 0 Å². The van der Waals surface area contributed by atoms with Gasteiger partial charge in [0, 0.05) is 6.54 Å². The third kappa shape index (κ3) is 4.62. The van der Waals surface area contributed by atoms with E-state index in [-0.39, 0.29) is 26.1 Å². The Hall–Kier alpha value is -0.210. The molecule has 0 aromatic rings. The monoisotopic (exact) mass is 198 g/mol. The van der Waals surface area contributed by atoms with Crippen LogP contribution in [0.4, 0.5) is 0 Å².